The molecular weight excluding hydrogens is 414 g/mol. The van der Waals surface area contributed by atoms with Crippen LogP contribution in [-0.4, -0.2) is 43.3 Å². The summed E-state index contributed by atoms with van der Waals surface area (Å²) in [7, 11) is -3.75. The summed E-state index contributed by atoms with van der Waals surface area (Å²) >= 11 is 6.15. The lowest BCUT2D eigenvalue weighted by Crippen LogP contribution is -2.45. The number of carbonyl (C=O) groups is 1. The number of amides is 1. The number of aromatic nitrogens is 1. The minimum absolute atomic E-state index is 0.0977. The van der Waals surface area contributed by atoms with E-state index >= 15 is 0 Å². The highest BCUT2D eigenvalue weighted by atomic mass is 35.5. The molecule has 0 radical (unpaired) electrons. The smallest absolute Gasteiger partial charge is 0.243 e. The van der Waals surface area contributed by atoms with Crippen LogP contribution in [0, 0.1) is 5.92 Å². The van der Waals surface area contributed by atoms with Crippen LogP contribution in [0.2, 0.25) is 5.02 Å². The second kappa shape index (κ2) is 9.56. The van der Waals surface area contributed by atoms with Crippen molar-refractivity contribution < 1.29 is 17.9 Å². The molecule has 1 fully saturated rings. The second-order valence-corrected chi connectivity index (χ2v) is 9.11. The fraction of sp³-hybridized carbons (Fsp3) is 0.400. The van der Waals surface area contributed by atoms with E-state index in [1.165, 1.54) is 16.4 Å². The Hall–Kier alpha value is -2.16. The minimum Gasteiger partial charge on any atom is -0.492 e. The Kier molecular flexibility index (Phi) is 7.10. The van der Waals surface area contributed by atoms with Crippen molar-refractivity contribution in [1.82, 2.24) is 14.6 Å². The molecule has 2 aromatic rings. The van der Waals surface area contributed by atoms with Gasteiger partial charge >= 0.3 is 0 Å². The molecule has 1 aromatic carbocycles. The third kappa shape index (κ3) is 5.26. The highest BCUT2D eigenvalue weighted by Gasteiger charge is 2.33. The molecule has 2 heterocycles. The van der Waals surface area contributed by atoms with Gasteiger partial charge in [-0.15, -0.1) is 0 Å². The van der Waals surface area contributed by atoms with E-state index in [0.717, 1.165) is 5.69 Å². The van der Waals surface area contributed by atoms with Gasteiger partial charge in [-0.3, -0.25) is 9.78 Å². The number of pyridine rings is 1. The van der Waals surface area contributed by atoms with Gasteiger partial charge in [-0.1, -0.05) is 17.7 Å². The van der Waals surface area contributed by atoms with E-state index in [2.05, 4.69) is 10.3 Å². The van der Waals surface area contributed by atoms with Gasteiger partial charge in [0.1, 0.15) is 5.75 Å². The zero-order chi connectivity index (χ0) is 20.9. The van der Waals surface area contributed by atoms with Crippen LogP contribution in [0.1, 0.15) is 25.5 Å². The molecule has 1 aliphatic heterocycles. The quantitative estimate of drug-likeness (QED) is 0.719. The average Bonchev–Trinajstić information content (AvgIpc) is 2.74. The van der Waals surface area contributed by atoms with Crippen molar-refractivity contribution in [1.29, 1.82) is 0 Å². The van der Waals surface area contributed by atoms with Gasteiger partial charge in [0.15, 0.2) is 0 Å². The summed E-state index contributed by atoms with van der Waals surface area (Å²) in [6.07, 6.45) is 2.92. The first-order valence-corrected chi connectivity index (χ1v) is 11.3. The van der Waals surface area contributed by atoms with E-state index in [1.54, 1.807) is 12.3 Å². The van der Waals surface area contributed by atoms with Gasteiger partial charge in [-0.25, -0.2) is 8.42 Å². The molecule has 1 amide bonds. The molecule has 9 heteroatoms. The maximum Gasteiger partial charge on any atom is 0.243 e. The molecule has 0 aliphatic carbocycles. The predicted molar refractivity (Wildman–Crippen MR) is 110 cm³/mol. The fourth-order valence-electron chi connectivity index (χ4n) is 3.26. The Bertz CT molecular complexity index is 953. The third-order valence-corrected chi connectivity index (χ3v) is 6.92. The number of nitrogens with one attached hydrogen (secondary N) is 1. The summed E-state index contributed by atoms with van der Waals surface area (Å²) in [4.78, 5) is 16.8. The first kappa shape index (κ1) is 21.5. The molecule has 0 spiro atoms. The molecule has 1 aromatic heterocycles. The third-order valence-electron chi connectivity index (χ3n) is 4.77. The van der Waals surface area contributed by atoms with Crippen LogP contribution in [0.5, 0.6) is 5.75 Å². The summed E-state index contributed by atoms with van der Waals surface area (Å²) in [5.41, 5.74) is 0.755. The highest BCUT2D eigenvalue weighted by molar-refractivity contribution is 7.89. The minimum atomic E-state index is -3.75. The lowest BCUT2D eigenvalue weighted by molar-refractivity contribution is -0.126. The van der Waals surface area contributed by atoms with E-state index in [0.29, 0.717) is 38.3 Å². The lowest BCUT2D eigenvalue weighted by Gasteiger charge is -2.31. The number of carbonyl (C=O) groups excluding carboxylic acids is 1. The maximum absolute atomic E-state index is 13.0. The summed E-state index contributed by atoms with van der Waals surface area (Å²) < 4.78 is 32.8. The standard InChI is InChI=1S/C20H24ClN3O4S/c1-2-28-19-9-8-17(12-18(19)21)29(26,27)24-11-5-6-15(14-24)20(25)23-13-16-7-3-4-10-22-16/h3-4,7-10,12,15H,2,5-6,11,13-14H2,1H3,(H,23,25)/t15-/m0/s1. The molecule has 1 N–H and O–H groups in total. The number of rotatable bonds is 7. The molecule has 0 unspecified atom stereocenters. The predicted octanol–water partition coefficient (Wildman–Crippen LogP) is 2.85. The second-order valence-electron chi connectivity index (χ2n) is 6.77. The highest BCUT2D eigenvalue weighted by Crippen LogP contribution is 2.30. The van der Waals surface area contributed by atoms with E-state index in [9.17, 15) is 13.2 Å². The molecular formula is C20H24ClN3O4S. The number of sulfonamides is 1. The molecule has 7 nitrogen and oxygen atoms in total. The summed E-state index contributed by atoms with van der Waals surface area (Å²) in [5.74, 6) is -0.126. The van der Waals surface area contributed by atoms with Crippen molar-refractivity contribution in [2.45, 2.75) is 31.2 Å². The molecule has 1 aliphatic rings. The van der Waals surface area contributed by atoms with Gasteiger partial charge in [0.05, 0.1) is 34.7 Å². The Labute approximate surface area is 176 Å². The lowest BCUT2D eigenvalue weighted by atomic mass is 9.99. The number of benzene rings is 1. The van der Waals surface area contributed by atoms with Crippen molar-refractivity contribution in [3.8, 4) is 5.75 Å². The summed E-state index contributed by atoms with van der Waals surface area (Å²) in [6.45, 7) is 3.09. The zero-order valence-corrected chi connectivity index (χ0v) is 17.7. The van der Waals surface area contributed by atoms with Crippen molar-refractivity contribution in [2.24, 2.45) is 5.92 Å². The normalized spacial score (nSPS) is 17.7. The number of hydrogen-bond donors (Lipinski definition) is 1. The van der Waals surface area contributed by atoms with E-state index in [4.69, 9.17) is 16.3 Å². The maximum atomic E-state index is 13.0. The topological polar surface area (TPSA) is 88.6 Å². The Morgan fingerprint density at radius 2 is 2.17 bits per heavy atom. The van der Waals surface area contributed by atoms with Crippen molar-refractivity contribution in [2.75, 3.05) is 19.7 Å². The molecule has 0 saturated carbocycles. The van der Waals surface area contributed by atoms with Gasteiger partial charge < -0.3 is 10.1 Å². The molecule has 1 saturated heterocycles. The zero-order valence-electron chi connectivity index (χ0n) is 16.2. The molecule has 3 rings (SSSR count). The largest absolute Gasteiger partial charge is 0.492 e. The van der Waals surface area contributed by atoms with Gasteiger partial charge in [0.2, 0.25) is 15.9 Å². The van der Waals surface area contributed by atoms with Crippen LogP contribution < -0.4 is 10.1 Å². The number of piperidine rings is 1. The van der Waals surface area contributed by atoms with Crippen LogP contribution in [0.4, 0.5) is 0 Å². The summed E-state index contributed by atoms with van der Waals surface area (Å²) in [6, 6.07) is 9.92. The SMILES string of the molecule is CCOc1ccc(S(=O)(=O)N2CCC[C@H](C(=O)NCc3ccccn3)C2)cc1Cl. The van der Waals surface area contributed by atoms with Crippen LogP contribution in [0.3, 0.4) is 0 Å². The first-order valence-electron chi connectivity index (χ1n) is 9.52. The monoisotopic (exact) mass is 437 g/mol. The van der Waals surface area contributed by atoms with E-state index in [1.807, 2.05) is 25.1 Å². The number of ether oxygens (including phenoxy) is 1. The van der Waals surface area contributed by atoms with Gasteiger partial charge in [0, 0.05) is 19.3 Å². The molecule has 1 atom stereocenters. The van der Waals surface area contributed by atoms with Gasteiger partial charge in [-0.2, -0.15) is 4.31 Å². The number of hydrogen-bond acceptors (Lipinski definition) is 5. The molecule has 156 valence electrons. The van der Waals surface area contributed by atoms with Crippen molar-refractivity contribution in [3.63, 3.8) is 0 Å². The van der Waals surface area contributed by atoms with Gasteiger partial charge in [0.25, 0.3) is 0 Å². The first-order chi connectivity index (χ1) is 13.9. The van der Waals surface area contributed by atoms with Crippen LogP contribution in [0.15, 0.2) is 47.5 Å². The molecule has 29 heavy (non-hydrogen) atoms. The van der Waals surface area contributed by atoms with E-state index in [-0.39, 0.29) is 22.4 Å². The van der Waals surface area contributed by atoms with E-state index < -0.39 is 15.9 Å². The van der Waals surface area contributed by atoms with Crippen LogP contribution >= 0.6 is 11.6 Å². The van der Waals surface area contributed by atoms with Crippen LogP contribution in [0.25, 0.3) is 0 Å². The van der Waals surface area contributed by atoms with Crippen molar-refractivity contribution in [3.05, 3.63) is 53.3 Å². The molecule has 0 bridgehead atoms. The van der Waals surface area contributed by atoms with Crippen LogP contribution in [-0.2, 0) is 21.4 Å². The average molecular weight is 438 g/mol. The number of nitrogens with zero attached hydrogens (tertiary/aromatic N) is 2. The Morgan fingerprint density at radius 1 is 1.34 bits per heavy atom. The fourth-order valence-corrected chi connectivity index (χ4v) is 5.11. The van der Waals surface area contributed by atoms with Gasteiger partial charge in [-0.05, 0) is 50.1 Å². The Balaban J connectivity index is 1.67. The summed E-state index contributed by atoms with van der Waals surface area (Å²) in [5, 5.41) is 3.10. The van der Waals surface area contributed by atoms with Crippen molar-refractivity contribution >= 4 is 27.5 Å². The Morgan fingerprint density at radius 3 is 2.86 bits per heavy atom. The number of halogens is 1.